The van der Waals surface area contributed by atoms with Crippen molar-refractivity contribution in [2.24, 2.45) is 11.8 Å². The monoisotopic (exact) mass is 815 g/mol. The smallest absolute Gasteiger partial charge is 0.410 e. The lowest BCUT2D eigenvalue weighted by atomic mass is 9.98. The summed E-state index contributed by atoms with van der Waals surface area (Å²) < 4.78 is 54.9. The van der Waals surface area contributed by atoms with E-state index < -0.39 is 30.8 Å². The third-order valence-corrected chi connectivity index (χ3v) is 11.2. The van der Waals surface area contributed by atoms with Crippen molar-refractivity contribution >= 4 is 33.8 Å². The number of amides is 2. The highest BCUT2D eigenvalue weighted by atomic mass is 19.3. The van der Waals surface area contributed by atoms with Crippen LogP contribution in [-0.4, -0.2) is 100 Å². The number of H-pyrrole nitrogens is 2. The fourth-order valence-corrected chi connectivity index (χ4v) is 8.41. The van der Waals surface area contributed by atoms with Crippen molar-refractivity contribution in [2.75, 3.05) is 33.6 Å². The van der Waals surface area contributed by atoms with Crippen LogP contribution in [-0.2, 0) is 23.7 Å². The molecule has 16 heteroatoms. The van der Waals surface area contributed by atoms with Crippen LogP contribution < -0.4 is 10.1 Å². The molecule has 314 valence electrons. The number of likely N-dealkylation sites (tertiary alicyclic amines) is 2. The SMILES string of the molecule is COC[C@H]1C[C@@H](c2nc3ccc4cc(-c5ccc(-c6cnc([C@@H]7CCCN7C(=O)[C@@H](NC7OCO7)C(C)C)[nH]6)cc5OC(F)F)ccc4c3[nH]2)N(C(=O)OC(C)(C)C)C1. The number of imidazole rings is 2. The van der Waals surface area contributed by atoms with Gasteiger partial charge in [-0.3, -0.25) is 15.0 Å². The molecule has 0 spiro atoms. The van der Waals surface area contributed by atoms with E-state index in [1.54, 1.807) is 30.3 Å². The van der Waals surface area contributed by atoms with Crippen LogP contribution in [0.1, 0.15) is 77.6 Å². The summed E-state index contributed by atoms with van der Waals surface area (Å²) in [5.74, 6) is 1.34. The van der Waals surface area contributed by atoms with Crippen molar-refractivity contribution in [3.8, 4) is 28.1 Å². The number of hydrogen-bond acceptors (Lipinski definition) is 10. The third-order valence-electron chi connectivity index (χ3n) is 11.2. The van der Waals surface area contributed by atoms with E-state index in [1.165, 1.54) is 0 Å². The molecule has 3 fully saturated rings. The summed E-state index contributed by atoms with van der Waals surface area (Å²) in [7, 11) is 1.65. The van der Waals surface area contributed by atoms with Crippen molar-refractivity contribution < 1.29 is 42.1 Å². The first kappa shape index (κ1) is 40.6. The molecule has 59 heavy (non-hydrogen) atoms. The molecule has 5 heterocycles. The van der Waals surface area contributed by atoms with Crippen molar-refractivity contribution in [1.29, 1.82) is 0 Å². The largest absolute Gasteiger partial charge is 0.444 e. The minimum atomic E-state index is -3.06. The Morgan fingerprint density at radius 2 is 1.80 bits per heavy atom. The number of hydrogen-bond donors (Lipinski definition) is 3. The number of rotatable bonds is 12. The highest BCUT2D eigenvalue weighted by molar-refractivity contribution is 6.05. The number of aromatic amines is 2. The predicted molar refractivity (Wildman–Crippen MR) is 215 cm³/mol. The molecule has 3 aliphatic heterocycles. The molecule has 3 aliphatic rings. The van der Waals surface area contributed by atoms with E-state index in [9.17, 15) is 18.4 Å². The lowest BCUT2D eigenvalue weighted by molar-refractivity contribution is -0.335. The van der Waals surface area contributed by atoms with Crippen molar-refractivity contribution in [3.05, 3.63) is 66.4 Å². The van der Waals surface area contributed by atoms with Crippen LogP contribution in [0.4, 0.5) is 13.6 Å². The Bertz CT molecular complexity index is 2320. The van der Waals surface area contributed by atoms with Crippen molar-refractivity contribution in [3.63, 3.8) is 0 Å². The molecule has 0 aliphatic carbocycles. The lowest BCUT2D eigenvalue weighted by Crippen LogP contribution is -2.56. The van der Waals surface area contributed by atoms with Crippen LogP contribution in [0.15, 0.2) is 54.7 Å². The first-order valence-electron chi connectivity index (χ1n) is 20.1. The van der Waals surface area contributed by atoms with E-state index in [-0.39, 0.29) is 42.4 Å². The molecule has 4 atom stereocenters. The number of alkyl halides is 2. The predicted octanol–water partition coefficient (Wildman–Crippen LogP) is 7.88. The second kappa shape index (κ2) is 16.5. The number of nitrogens with one attached hydrogen (secondary N) is 3. The van der Waals surface area contributed by atoms with Crippen LogP contribution in [0.25, 0.3) is 44.2 Å². The van der Waals surface area contributed by atoms with Gasteiger partial charge < -0.3 is 38.6 Å². The van der Waals surface area contributed by atoms with E-state index in [1.807, 2.05) is 75.9 Å². The molecule has 0 saturated carbocycles. The summed E-state index contributed by atoms with van der Waals surface area (Å²) in [5, 5.41) is 4.90. The van der Waals surface area contributed by atoms with E-state index >= 15 is 0 Å². The maximum Gasteiger partial charge on any atom is 0.410 e. The van der Waals surface area contributed by atoms with Gasteiger partial charge in [0.1, 0.15) is 23.0 Å². The Hall–Kier alpha value is -5.16. The first-order chi connectivity index (χ1) is 28.3. The van der Waals surface area contributed by atoms with Gasteiger partial charge in [0.05, 0.1) is 47.7 Å². The van der Waals surface area contributed by atoms with Gasteiger partial charge in [0.25, 0.3) is 0 Å². The van der Waals surface area contributed by atoms with Gasteiger partial charge in [-0.25, -0.2) is 14.8 Å². The summed E-state index contributed by atoms with van der Waals surface area (Å²) in [6.07, 6.45) is 2.86. The highest BCUT2D eigenvalue weighted by Gasteiger charge is 2.41. The number of methoxy groups -OCH3 is 1. The fraction of sp³-hybridized carbons (Fsp3) is 0.488. The summed E-state index contributed by atoms with van der Waals surface area (Å²) in [4.78, 5) is 47.0. The summed E-state index contributed by atoms with van der Waals surface area (Å²) in [6.45, 7) is 8.19. The second-order valence-corrected chi connectivity index (χ2v) is 16.9. The molecule has 3 aromatic carbocycles. The number of nitrogens with zero attached hydrogens (tertiary/aromatic N) is 4. The average Bonchev–Trinajstić information content (AvgIpc) is 3.99. The van der Waals surface area contributed by atoms with Gasteiger partial charge in [0, 0.05) is 42.6 Å². The third kappa shape index (κ3) is 8.49. The van der Waals surface area contributed by atoms with Crippen LogP contribution in [0.3, 0.4) is 0 Å². The molecular formula is C43H51F2N7O7. The second-order valence-electron chi connectivity index (χ2n) is 16.9. The number of carbonyl (C=O) groups is 2. The highest BCUT2D eigenvalue weighted by Crippen LogP contribution is 2.40. The Balaban J connectivity index is 1.05. The number of benzene rings is 3. The Labute approximate surface area is 340 Å². The molecule has 8 rings (SSSR count). The minimum absolute atomic E-state index is 0.00688. The van der Waals surface area contributed by atoms with E-state index in [0.29, 0.717) is 60.2 Å². The van der Waals surface area contributed by atoms with Crippen LogP contribution >= 0.6 is 0 Å². The van der Waals surface area contributed by atoms with Gasteiger partial charge in [-0.1, -0.05) is 38.1 Å². The normalized spacial score (nSPS) is 20.6. The summed E-state index contributed by atoms with van der Waals surface area (Å²) >= 11 is 0. The van der Waals surface area contributed by atoms with Crippen LogP contribution in [0.2, 0.25) is 0 Å². The van der Waals surface area contributed by atoms with Gasteiger partial charge in [-0.15, -0.1) is 0 Å². The average molecular weight is 816 g/mol. The van der Waals surface area contributed by atoms with E-state index in [0.717, 1.165) is 34.6 Å². The number of fused-ring (bicyclic) bond motifs is 3. The van der Waals surface area contributed by atoms with Gasteiger partial charge in [-0.2, -0.15) is 8.78 Å². The topological polar surface area (TPSA) is 156 Å². The Morgan fingerprint density at radius 3 is 2.51 bits per heavy atom. The quantitative estimate of drug-likeness (QED) is 0.113. The van der Waals surface area contributed by atoms with Crippen LogP contribution in [0.5, 0.6) is 5.75 Å². The van der Waals surface area contributed by atoms with Crippen molar-refractivity contribution in [1.82, 2.24) is 35.1 Å². The molecule has 0 unspecified atom stereocenters. The van der Waals surface area contributed by atoms with Gasteiger partial charge >= 0.3 is 12.7 Å². The Morgan fingerprint density at radius 1 is 1.00 bits per heavy atom. The molecule has 0 radical (unpaired) electrons. The molecule has 3 saturated heterocycles. The zero-order chi connectivity index (χ0) is 41.6. The van der Waals surface area contributed by atoms with Gasteiger partial charge in [0.15, 0.2) is 6.79 Å². The summed E-state index contributed by atoms with van der Waals surface area (Å²) in [6, 6.07) is 13.7. The number of ether oxygens (including phenoxy) is 5. The molecule has 14 nitrogen and oxygen atoms in total. The maximum atomic E-state index is 13.9. The van der Waals surface area contributed by atoms with Crippen molar-refractivity contribution in [2.45, 2.75) is 90.6 Å². The Kier molecular flexibility index (Phi) is 11.3. The van der Waals surface area contributed by atoms with Gasteiger partial charge in [-0.05, 0) is 81.2 Å². The lowest BCUT2D eigenvalue weighted by Gasteiger charge is -2.35. The number of aromatic nitrogens is 4. The fourth-order valence-electron chi connectivity index (χ4n) is 8.41. The molecule has 5 aromatic rings. The summed E-state index contributed by atoms with van der Waals surface area (Å²) in [5.41, 5.74) is 3.28. The van der Waals surface area contributed by atoms with Gasteiger partial charge in [0.2, 0.25) is 12.3 Å². The first-order valence-corrected chi connectivity index (χ1v) is 20.1. The zero-order valence-electron chi connectivity index (χ0n) is 34.1. The molecule has 3 N–H and O–H groups in total. The zero-order valence-corrected chi connectivity index (χ0v) is 34.1. The van der Waals surface area contributed by atoms with E-state index in [4.69, 9.17) is 28.7 Å². The number of halogens is 2. The molecular weight excluding hydrogens is 765 g/mol. The minimum Gasteiger partial charge on any atom is -0.444 e. The molecule has 0 bridgehead atoms. The maximum absolute atomic E-state index is 13.9. The molecule has 2 amide bonds. The standard InChI is InChI=1S/C43H51F2N7O7/c1-23(2)35(50-41-56-22-57-41)39(53)51-15-7-8-32(51)37-46-19-31(48-37)27-10-12-28(34(18-27)58-40(44)45)25-9-13-29-26(17-25)11-14-30-36(29)49-38(47-30)33-16-24(21-55-6)20-52(33)42(54)59-43(3,4)5/h9-14,17-19,23-24,32-33,35,40-41,50H,7-8,15-16,20-22H2,1-6H3,(H,46,48)(H,47,49)/t24-,32-,33-,35-/m0/s1. The number of carbonyl (C=O) groups excluding carboxylic acids is 2. The van der Waals surface area contributed by atoms with E-state index in [2.05, 4.69) is 20.3 Å². The molecule has 2 aromatic heterocycles. The van der Waals surface area contributed by atoms with Crippen LogP contribution in [0, 0.1) is 11.8 Å².